The number of nitro benzene ring substituents is 1. The van der Waals surface area contributed by atoms with Gasteiger partial charge in [0.15, 0.2) is 11.5 Å². The number of ether oxygens (including phenoxy) is 2. The van der Waals surface area contributed by atoms with Gasteiger partial charge in [0.05, 0.1) is 34.4 Å². The summed E-state index contributed by atoms with van der Waals surface area (Å²) in [7, 11) is 1.43. The van der Waals surface area contributed by atoms with Crippen LogP contribution < -0.4 is 14.8 Å². The Kier molecular flexibility index (Phi) is 6.70. The van der Waals surface area contributed by atoms with E-state index in [0.29, 0.717) is 16.9 Å². The van der Waals surface area contributed by atoms with Gasteiger partial charge in [-0.1, -0.05) is 41.9 Å². The SMILES string of the molecule is COc1cc(C#N)ccc1OC(C(=O)Nc1ccc([N+](=O)[O-])cc1Cl)c1ccccc1. The molecule has 0 aliphatic rings. The zero-order valence-electron chi connectivity index (χ0n) is 16.2. The maximum absolute atomic E-state index is 13.1. The van der Waals surface area contributed by atoms with Crippen LogP contribution in [0.2, 0.25) is 5.02 Å². The molecule has 0 aliphatic heterocycles. The zero-order valence-corrected chi connectivity index (χ0v) is 17.0. The fraction of sp³-hybridized carbons (Fsp3) is 0.0909. The van der Waals surface area contributed by atoms with E-state index >= 15 is 0 Å². The third-order valence-electron chi connectivity index (χ3n) is 4.30. The van der Waals surface area contributed by atoms with Crippen molar-refractivity contribution >= 4 is 28.9 Å². The molecule has 0 aromatic heterocycles. The highest BCUT2D eigenvalue weighted by molar-refractivity contribution is 6.34. The first-order chi connectivity index (χ1) is 14.9. The minimum Gasteiger partial charge on any atom is -0.493 e. The third-order valence-corrected chi connectivity index (χ3v) is 4.61. The number of hydrogen-bond acceptors (Lipinski definition) is 6. The first kappa shape index (κ1) is 21.6. The Hall–Kier alpha value is -4.09. The molecule has 0 heterocycles. The molecule has 1 N–H and O–H groups in total. The number of nitro groups is 1. The number of non-ortho nitro benzene ring substituents is 1. The van der Waals surface area contributed by atoms with E-state index in [-0.39, 0.29) is 22.1 Å². The van der Waals surface area contributed by atoms with E-state index in [2.05, 4.69) is 5.32 Å². The lowest BCUT2D eigenvalue weighted by Gasteiger charge is -2.21. The molecule has 8 nitrogen and oxygen atoms in total. The van der Waals surface area contributed by atoms with Gasteiger partial charge in [-0.25, -0.2) is 0 Å². The Labute approximate surface area is 182 Å². The van der Waals surface area contributed by atoms with Gasteiger partial charge in [-0.3, -0.25) is 14.9 Å². The molecule has 3 aromatic carbocycles. The summed E-state index contributed by atoms with van der Waals surface area (Å²) in [5.41, 5.74) is 0.946. The zero-order chi connectivity index (χ0) is 22.4. The monoisotopic (exact) mass is 437 g/mol. The molecule has 0 saturated heterocycles. The van der Waals surface area contributed by atoms with Gasteiger partial charge >= 0.3 is 0 Å². The van der Waals surface area contributed by atoms with Gasteiger partial charge in [0.25, 0.3) is 11.6 Å². The van der Waals surface area contributed by atoms with Gasteiger partial charge in [-0.05, 0) is 18.2 Å². The smallest absolute Gasteiger partial charge is 0.271 e. The highest BCUT2D eigenvalue weighted by Gasteiger charge is 2.25. The van der Waals surface area contributed by atoms with Crippen LogP contribution in [0.1, 0.15) is 17.2 Å². The van der Waals surface area contributed by atoms with Crippen molar-refractivity contribution in [1.29, 1.82) is 5.26 Å². The number of anilines is 1. The third kappa shape index (κ3) is 5.10. The van der Waals surface area contributed by atoms with Crippen molar-refractivity contribution in [2.75, 3.05) is 12.4 Å². The van der Waals surface area contributed by atoms with Crippen LogP contribution in [0, 0.1) is 21.4 Å². The maximum atomic E-state index is 13.1. The fourth-order valence-electron chi connectivity index (χ4n) is 2.78. The van der Waals surface area contributed by atoms with Gasteiger partial charge in [-0.2, -0.15) is 5.26 Å². The highest BCUT2D eigenvalue weighted by Crippen LogP contribution is 2.33. The minimum atomic E-state index is -1.09. The molecule has 0 saturated carbocycles. The molecule has 1 unspecified atom stereocenters. The summed E-state index contributed by atoms with van der Waals surface area (Å²) in [5, 5.41) is 22.6. The fourth-order valence-corrected chi connectivity index (χ4v) is 3.00. The summed E-state index contributed by atoms with van der Waals surface area (Å²) in [6.07, 6.45) is -1.09. The Morgan fingerprint density at radius 2 is 1.87 bits per heavy atom. The predicted molar refractivity (Wildman–Crippen MR) is 114 cm³/mol. The summed E-state index contributed by atoms with van der Waals surface area (Å²) in [6.45, 7) is 0. The molecule has 0 bridgehead atoms. The highest BCUT2D eigenvalue weighted by atomic mass is 35.5. The Bertz CT molecular complexity index is 1160. The number of methoxy groups -OCH3 is 1. The molecule has 3 rings (SSSR count). The van der Waals surface area contributed by atoms with Crippen LogP contribution >= 0.6 is 11.6 Å². The van der Waals surface area contributed by atoms with Gasteiger partial charge in [-0.15, -0.1) is 0 Å². The average molecular weight is 438 g/mol. The van der Waals surface area contributed by atoms with Crippen LogP contribution in [0.25, 0.3) is 0 Å². The largest absolute Gasteiger partial charge is 0.493 e. The number of benzene rings is 3. The van der Waals surface area contributed by atoms with E-state index in [4.69, 9.17) is 26.3 Å². The molecule has 156 valence electrons. The topological polar surface area (TPSA) is 114 Å². The number of carbonyl (C=O) groups excluding carboxylic acids is 1. The number of rotatable bonds is 7. The Morgan fingerprint density at radius 1 is 1.13 bits per heavy atom. The molecule has 1 amide bonds. The number of hydrogen-bond donors (Lipinski definition) is 1. The van der Waals surface area contributed by atoms with Crippen LogP contribution in [0.15, 0.2) is 66.7 Å². The van der Waals surface area contributed by atoms with E-state index < -0.39 is 16.9 Å². The molecular formula is C22H16ClN3O5. The first-order valence-electron chi connectivity index (χ1n) is 8.97. The number of nitrogens with one attached hydrogen (secondary N) is 1. The molecule has 0 aliphatic carbocycles. The van der Waals surface area contributed by atoms with Gasteiger partial charge in [0.1, 0.15) is 0 Å². The second-order valence-electron chi connectivity index (χ2n) is 6.30. The first-order valence-corrected chi connectivity index (χ1v) is 9.35. The average Bonchev–Trinajstić information content (AvgIpc) is 2.79. The summed E-state index contributed by atoms with van der Waals surface area (Å²) in [6, 6.07) is 19.1. The Morgan fingerprint density at radius 3 is 2.48 bits per heavy atom. The molecule has 0 radical (unpaired) electrons. The number of nitrogens with zero attached hydrogens (tertiary/aromatic N) is 2. The van der Waals surface area contributed by atoms with Crippen molar-refractivity contribution in [3.63, 3.8) is 0 Å². The lowest BCUT2D eigenvalue weighted by molar-refractivity contribution is -0.384. The normalized spacial score (nSPS) is 11.1. The summed E-state index contributed by atoms with van der Waals surface area (Å²) in [5.74, 6) is 0.00909. The standard InChI is InChI=1S/C22H16ClN3O5/c1-30-20-11-14(13-24)7-10-19(20)31-21(15-5-3-2-4-6-15)22(27)25-18-9-8-16(26(28)29)12-17(18)23/h2-12,21H,1H3,(H,25,27). The lowest BCUT2D eigenvalue weighted by Crippen LogP contribution is -2.26. The van der Waals surface area contributed by atoms with Crippen molar-refractivity contribution in [3.8, 4) is 17.6 Å². The Balaban J connectivity index is 1.93. The van der Waals surface area contributed by atoms with Gasteiger partial charge < -0.3 is 14.8 Å². The van der Waals surface area contributed by atoms with Gasteiger partial charge in [0.2, 0.25) is 6.10 Å². The molecule has 0 fully saturated rings. The van der Waals surface area contributed by atoms with Crippen LogP contribution in [0.4, 0.5) is 11.4 Å². The van der Waals surface area contributed by atoms with E-state index in [0.717, 1.165) is 6.07 Å². The van der Waals surface area contributed by atoms with E-state index in [1.54, 1.807) is 42.5 Å². The van der Waals surface area contributed by atoms with E-state index in [1.807, 2.05) is 6.07 Å². The molecule has 0 spiro atoms. The van der Waals surface area contributed by atoms with Crippen molar-refractivity contribution in [1.82, 2.24) is 0 Å². The molecule has 31 heavy (non-hydrogen) atoms. The number of carbonyl (C=O) groups is 1. The van der Waals surface area contributed by atoms with Gasteiger partial charge in [0, 0.05) is 23.8 Å². The molecule has 9 heteroatoms. The molecule has 3 aromatic rings. The lowest BCUT2D eigenvalue weighted by atomic mass is 10.1. The van der Waals surface area contributed by atoms with Crippen LogP contribution in [0.3, 0.4) is 0 Å². The van der Waals surface area contributed by atoms with Crippen molar-refractivity contribution in [2.24, 2.45) is 0 Å². The van der Waals surface area contributed by atoms with E-state index in [9.17, 15) is 14.9 Å². The second-order valence-corrected chi connectivity index (χ2v) is 6.70. The van der Waals surface area contributed by atoms with Crippen LogP contribution in [-0.4, -0.2) is 17.9 Å². The van der Waals surface area contributed by atoms with Crippen molar-refractivity contribution in [2.45, 2.75) is 6.10 Å². The molecule has 1 atom stereocenters. The molecular weight excluding hydrogens is 422 g/mol. The summed E-state index contributed by atoms with van der Waals surface area (Å²) < 4.78 is 11.2. The number of amides is 1. The van der Waals surface area contributed by atoms with Crippen molar-refractivity contribution < 1.29 is 19.2 Å². The minimum absolute atomic E-state index is 0.0188. The summed E-state index contributed by atoms with van der Waals surface area (Å²) in [4.78, 5) is 23.4. The van der Waals surface area contributed by atoms with Crippen LogP contribution in [0.5, 0.6) is 11.5 Å². The van der Waals surface area contributed by atoms with E-state index in [1.165, 1.54) is 25.3 Å². The van der Waals surface area contributed by atoms with Crippen molar-refractivity contribution in [3.05, 3.63) is 93.0 Å². The second kappa shape index (κ2) is 9.61. The van der Waals surface area contributed by atoms with Crippen LogP contribution in [-0.2, 0) is 4.79 Å². The predicted octanol–water partition coefficient (Wildman–Crippen LogP) is 4.89. The summed E-state index contributed by atoms with van der Waals surface area (Å²) >= 11 is 6.10. The maximum Gasteiger partial charge on any atom is 0.271 e. The quantitative estimate of drug-likeness (QED) is 0.415. The number of halogens is 1. The number of nitriles is 1.